The smallest absolute Gasteiger partial charge is 0.320 e. The number of nitrogens with two attached hydrogens (primary N) is 1. The maximum absolute atomic E-state index is 10.6. The molecule has 0 aromatic heterocycles. The van der Waals surface area contributed by atoms with Gasteiger partial charge in [-0.2, -0.15) is 0 Å². The van der Waals surface area contributed by atoms with Gasteiger partial charge in [-0.3, -0.25) is 9.59 Å². The van der Waals surface area contributed by atoms with E-state index in [4.69, 9.17) is 20.7 Å². The van der Waals surface area contributed by atoms with Crippen LogP contribution in [0.1, 0.15) is 5.56 Å². The van der Waals surface area contributed by atoms with E-state index in [2.05, 4.69) is 0 Å². The van der Waals surface area contributed by atoms with Crippen LogP contribution in [0.15, 0.2) is 30.3 Å². The summed E-state index contributed by atoms with van der Waals surface area (Å²) < 4.78 is 4.81. The van der Waals surface area contributed by atoms with Gasteiger partial charge in [0, 0.05) is 0 Å². The van der Waals surface area contributed by atoms with E-state index < -0.39 is 0 Å². The molecule has 0 unspecified atom stereocenters. The molecule has 0 radical (unpaired) electrons. The Hall–Kier alpha value is -1.97. The summed E-state index contributed by atoms with van der Waals surface area (Å²) >= 11 is 0. The molecule has 5 nitrogen and oxygen atoms in total. The molecule has 1 aromatic carbocycles. The van der Waals surface area contributed by atoms with Crippen LogP contribution in [0.2, 0.25) is 0 Å². The number of nitrogens with zero attached hydrogens (tertiary/aromatic N) is 1. The van der Waals surface area contributed by atoms with Crippen molar-refractivity contribution < 1.29 is 14.3 Å². The molecule has 5 heteroatoms. The molecule has 1 aromatic rings. The van der Waals surface area contributed by atoms with E-state index in [9.17, 15) is 4.79 Å². The van der Waals surface area contributed by atoms with Crippen molar-refractivity contribution in [1.82, 2.24) is 0 Å². The van der Waals surface area contributed by atoms with Gasteiger partial charge in [0.05, 0.1) is 6.54 Å². The lowest BCUT2D eigenvalue weighted by Crippen LogP contribution is -2.16. The zero-order valence-corrected chi connectivity index (χ0v) is 8.05. The summed E-state index contributed by atoms with van der Waals surface area (Å²) in [5.74, 6) is -0.376. The average molecular weight is 207 g/mol. The van der Waals surface area contributed by atoms with Gasteiger partial charge in [0.15, 0.2) is 0 Å². The molecule has 0 bridgehead atoms. The van der Waals surface area contributed by atoms with Crippen LogP contribution in [0.25, 0.3) is 5.41 Å². The second kappa shape index (κ2) is 8.62. The Kier molecular flexibility index (Phi) is 7.49. The average Bonchev–Trinajstić information content (AvgIpc) is 2.28. The van der Waals surface area contributed by atoms with Crippen LogP contribution in [-0.2, 0) is 20.9 Å². The topological polar surface area (TPSA) is 91.7 Å². The molecule has 80 valence electrons. The van der Waals surface area contributed by atoms with Gasteiger partial charge in [0.2, 0.25) is 0 Å². The molecule has 0 aliphatic rings. The fourth-order valence-electron chi connectivity index (χ4n) is 0.797. The van der Waals surface area contributed by atoms with Crippen LogP contribution in [0.4, 0.5) is 0 Å². The minimum Gasteiger partial charge on any atom is -0.724 e. The fraction of sp³-hybridized carbons (Fsp3) is 0.200. The second-order valence-corrected chi connectivity index (χ2v) is 2.44. The molecule has 0 aliphatic carbocycles. The van der Waals surface area contributed by atoms with Crippen LogP contribution in [0.3, 0.4) is 0 Å². The summed E-state index contributed by atoms with van der Waals surface area (Å²) in [5, 5.41) is 6.76. The SMILES string of the molecule is NCC(=O)OCc1ccccc1.[N-]=C=O. The van der Waals surface area contributed by atoms with Crippen molar-refractivity contribution in [3.05, 3.63) is 41.3 Å². The van der Waals surface area contributed by atoms with Gasteiger partial charge in [0.25, 0.3) is 0 Å². The Labute approximate surface area is 87.4 Å². The first kappa shape index (κ1) is 13.0. The zero-order valence-electron chi connectivity index (χ0n) is 8.05. The number of carbonyl (C=O) groups excluding carboxylic acids is 2. The van der Waals surface area contributed by atoms with E-state index in [-0.39, 0.29) is 12.5 Å². The summed E-state index contributed by atoms with van der Waals surface area (Å²) in [7, 11) is 0. The van der Waals surface area contributed by atoms with Crippen molar-refractivity contribution in [2.45, 2.75) is 6.61 Å². The molecule has 0 atom stereocenters. The van der Waals surface area contributed by atoms with Gasteiger partial charge in [-0.1, -0.05) is 30.3 Å². The van der Waals surface area contributed by atoms with Crippen LogP contribution < -0.4 is 5.73 Å². The molecule has 0 spiro atoms. The monoisotopic (exact) mass is 207 g/mol. The first-order chi connectivity index (χ1) is 7.24. The minimum absolute atomic E-state index is 0.0627. The number of isocyanates is 1. The summed E-state index contributed by atoms with van der Waals surface area (Å²) in [4.78, 5) is 18.9. The second-order valence-electron chi connectivity index (χ2n) is 2.44. The summed E-state index contributed by atoms with van der Waals surface area (Å²) in [6.07, 6.45) is 0.500. The van der Waals surface area contributed by atoms with Crippen LogP contribution in [0.5, 0.6) is 0 Å². The lowest BCUT2D eigenvalue weighted by atomic mass is 10.2. The Balaban J connectivity index is 0.000000583. The number of esters is 1. The van der Waals surface area contributed by atoms with E-state index in [0.717, 1.165) is 5.56 Å². The van der Waals surface area contributed by atoms with E-state index in [1.54, 1.807) is 0 Å². The predicted molar refractivity (Wildman–Crippen MR) is 54.3 cm³/mol. The molecular formula is C10H11N2O3-. The van der Waals surface area contributed by atoms with Gasteiger partial charge in [-0.25, -0.2) is 0 Å². The van der Waals surface area contributed by atoms with Crippen molar-refractivity contribution in [2.75, 3.05) is 6.54 Å². The standard InChI is InChI=1S/C9H11NO2.CNO/c10-6-9(11)12-7-8-4-2-1-3-5-8;2-1-3/h1-5H,6-7,10H2;/q;-1. The highest BCUT2D eigenvalue weighted by atomic mass is 16.5. The van der Waals surface area contributed by atoms with Crippen molar-refractivity contribution in [3.63, 3.8) is 0 Å². The molecule has 1 rings (SSSR count). The first-order valence-corrected chi connectivity index (χ1v) is 4.15. The van der Waals surface area contributed by atoms with Gasteiger partial charge in [-0.15, -0.1) is 0 Å². The highest BCUT2D eigenvalue weighted by Crippen LogP contribution is 1.99. The largest absolute Gasteiger partial charge is 0.724 e. The molecule has 0 aliphatic heterocycles. The highest BCUT2D eigenvalue weighted by molar-refractivity contribution is 5.71. The van der Waals surface area contributed by atoms with E-state index >= 15 is 0 Å². The Bertz CT molecular complexity index is 319. The van der Waals surface area contributed by atoms with Crippen molar-refractivity contribution in [2.24, 2.45) is 5.73 Å². The molecule has 15 heavy (non-hydrogen) atoms. The quantitative estimate of drug-likeness (QED) is 0.445. The third-order valence-electron chi connectivity index (χ3n) is 1.41. The maximum Gasteiger partial charge on any atom is 0.320 e. The number of hydrogen-bond donors (Lipinski definition) is 1. The predicted octanol–water partition coefficient (Wildman–Crippen LogP) is 0.580. The summed E-state index contributed by atoms with van der Waals surface area (Å²) in [6, 6.07) is 9.49. The van der Waals surface area contributed by atoms with Gasteiger partial charge in [0.1, 0.15) is 6.61 Å². The number of ether oxygens (including phenoxy) is 1. The first-order valence-electron chi connectivity index (χ1n) is 4.15. The Morgan fingerprint density at radius 2 is 1.93 bits per heavy atom. The van der Waals surface area contributed by atoms with E-state index in [0.29, 0.717) is 12.7 Å². The Morgan fingerprint density at radius 1 is 1.40 bits per heavy atom. The molecule has 0 saturated carbocycles. The minimum atomic E-state index is -0.376. The third kappa shape index (κ3) is 7.13. The van der Waals surface area contributed by atoms with Crippen LogP contribution >= 0.6 is 0 Å². The normalized spacial score (nSPS) is 8.07. The van der Waals surface area contributed by atoms with Crippen molar-refractivity contribution in [1.29, 1.82) is 0 Å². The summed E-state index contributed by atoms with van der Waals surface area (Å²) in [6.45, 7) is 0.240. The lowest BCUT2D eigenvalue weighted by Gasteiger charge is -2.01. The van der Waals surface area contributed by atoms with Gasteiger partial charge >= 0.3 is 5.97 Å². The van der Waals surface area contributed by atoms with Gasteiger partial charge < -0.3 is 15.9 Å². The number of benzene rings is 1. The fourth-order valence-corrected chi connectivity index (χ4v) is 0.797. The molecule has 0 saturated heterocycles. The van der Waals surface area contributed by atoms with Crippen LogP contribution in [0, 0.1) is 0 Å². The van der Waals surface area contributed by atoms with E-state index in [1.165, 1.54) is 0 Å². The molecule has 0 amide bonds. The van der Waals surface area contributed by atoms with Crippen molar-refractivity contribution in [3.8, 4) is 0 Å². The van der Waals surface area contributed by atoms with Gasteiger partial charge in [-0.05, 0) is 11.6 Å². The molecule has 0 fully saturated rings. The van der Waals surface area contributed by atoms with Crippen molar-refractivity contribution >= 4 is 12.0 Å². The maximum atomic E-state index is 10.6. The third-order valence-corrected chi connectivity index (χ3v) is 1.41. The number of carbonyl (C=O) groups is 1. The molecule has 2 N–H and O–H groups in total. The zero-order chi connectivity index (χ0) is 11.5. The number of rotatable bonds is 3. The molecule has 0 heterocycles. The van der Waals surface area contributed by atoms with Crippen LogP contribution in [-0.4, -0.2) is 18.6 Å². The highest BCUT2D eigenvalue weighted by Gasteiger charge is 1.97. The van der Waals surface area contributed by atoms with E-state index in [1.807, 2.05) is 30.3 Å². The molecular weight excluding hydrogens is 196 g/mol. The Morgan fingerprint density at radius 3 is 2.40 bits per heavy atom. The lowest BCUT2D eigenvalue weighted by molar-refractivity contribution is -0.143. The summed E-state index contributed by atoms with van der Waals surface area (Å²) in [5.41, 5.74) is 6.03. The number of hydrogen-bond acceptors (Lipinski definition) is 4.